The first-order valence-corrected chi connectivity index (χ1v) is 7.33. The minimum absolute atomic E-state index is 0.0225. The molecule has 1 amide bonds. The van der Waals surface area contributed by atoms with E-state index in [4.69, 9.17) is 10.5 Å². The standard InChI is InChI=1S/C15H18N2O2S/c1-3-7-17(12-6-4-5-11(16)8-12)15(18)14-9-13(19-2)10-20-14/h4-6,8-10H,3,7,16H2,1-2H3. The summed E-state index contributed by atoms with van der Waals surface area (Å²) in [5.41, 5.74) is 7.28. The Morgan fingerprint density at radius 1 is 1.40 bits per heavy atom. The number of hydrogen-bond donors (Lipinski definition) is 1. The molecule has 0 saturated heterocycles. The number of thiophene rings is 1. The third-order valence-electron chi connectivity index (χ3n) is 2.90. The van der Waals surface area contributed by atoms with E-state index in [1.54, 1.807) is 18.1 Å². The third-order valence-corrected chi connectivity index (χ3v) is 3.79. The second-order valence-corrected chi connectivity index (χ2v) is 5.31. The van der Waals surface area contributed by atoms with Gasteiger partial charge in [-0.2, -0.15) is 0 Å². The van der Waals surface area contributed by atoms with Gasteiger partial charge in [-0.1, -0.05) is 13.0 Å². The monoisotopic (exact) mass is 290 g/mol. The van der Waals surface area contributed by atoms with Gasteiger partial charge in [0.15, 0.2) is 0 Å². The zero-order valence-corrected chi connectivity index (χ0v) is 12.4. The molecule has 20 heavy (non-hydrogen) atoms. The normalized spacial score (nSPS) is 10.3. The molecule has 2 rings (SSSR count). The van der Waals surface area contributed by atoms with E-state index in [9.17, 15) is 4.79 Å². The summed E-state index contributed by atoms with van der Waals surface area (Å²) in [4.78, 5) is 15.0. The van der Waals surface area contributed by atoms with E-state index in [-0.39, 0.29) is 5.91 Å². The highest BCUT2D eigenvalue weighted by Gasteiger charge is 2.19. The molecule has 5 heteroatoms. The van der Waals surface area contributed by atoms with Crippen molar-refractivity contribution in [3.8, 4) is 5.75 Å². The minimum atomic E-state index is -0.0225. The Hall–Kier alpha value is -2.01. The molecule has 106 valence electrons. The number of hydrogen-bond acceptors (Lipinski definition) is 4. The van der Waals surface area contributed by atoms with Gasteiger partial charge in [0.2, 0.25) is 0 Å². The van der Waals surface area contributed by atoms with Crippen LogP contribution in [0.3, 0.4) is 0 Å². The van der Waals surface area contributed by atoms with E-state index in [0.717, 1.165) is 12.1 Å². The average Bonchev–Trinajstić information content (AvgIpc) is 2.93. The number of methoxy groups -OCH3 is 1. The molecule has 0 radical (unpaired) electrons. The molecule has 0 unspecified atom stereocenters. The van der Waals surface area contributed by atoms with Crippen LogP contribution in [0.15, 0.2) is 35.7 Å². The van der Waals surface area contributed by atoms with Crippen LogP contribution in [-0.4, -0.2) is 19.6 Å². The number of amides is 1. The van der Waals surface area contributed by atoms with Crippen LogP contribution in [0.2, 0.25) is 0 Å². The fraction of sp³-hybridized carbons (Fsp3) is 0.267. The predicted octanol–water partition coefficient (Wildman–Crippen LogP) is 3.40. The van der Waals surface area contributed by atoms with Crippen LogP contribution >= 0.6 is 11.3 Å². The van der Waals surface area contributed by atoms with Gasteiger partial charge in [0, 0.05) is 29.4 Å². The van der Waals surface area contributed by atoms with Crippen LogP contribution in [0, 0.1) is 0 Å². The van der Waals surface area contributed by atoms with Gasteiger partial charge >= 0.3 is 0 Å². The number of carbonyl (C=O) groups is 1. The smallest absolute Gasteiger partial charge is 0.268 e. The number of nitrogens with two attached hydrogens (primary N) is 1. The van der Waals surface area contributed by atoms with Gasteiger partial charge in [0.05, 0.1) is 12.0 Å². The molecule has 0 aliphatic carbocycles. The Morgan fingerprint density at radius 3 is 2.80 bits per heavy atom. The Bertz CT molecular complexity index is 595. The molecule has 0 spiro atoms. The van der Waals surface area contributed by atoms with Gasteiger partial charge in [-0.3, -0.25) is 4.79 Å². The van der Waals surface area contributed by atoms with Crippen molar-refractivity contribution in [2.45, 2.75) is 13.3 Å². The van der Waals surface area contributed by atoms with Crippen LogP contribution < -0.4 is 15.4 Å². The van der Waals surface area contributed by atoms with Gasteiger partial charge in [0.25, 0.3) is 5.91 Å². The highest BCUT2D eigenvalue weighted by Crippen LogP contribution is 2.26. The van der Waals surface area contributed by atoms with E-state index in [1.165, 1.54) is 11.3 Å². The lowest BCUT2D eigenvalue weighted by atomic mass is 10.2. The maximum atomic E-state index is 12.6. The molecular formula is C15H18N2O2S. The van der Waals surface area contributed by atoms with Crippen LogP contribution in [0.1, 0.15) is 23.0 Å². The van der Waals surface area contributed by atoms with Crippen LogP contribution in [-0.2, 0) is 0 Å². The molecule has 1 aromatic heterocycles. The van der Waals surface area contributed by atoms with Crippen LogP contribution in [0.5, 0.6) is 5.75 Å². The molecule has 0 atom stereocenters. The number of ether oxygens (including phenoxy) is 1. The van der Waals surface area contributed by atoms with Crippen LogP contribution in [0.25, 0.3) is 0 Å². The molecule has 0 aliphatic heterocycles. The van der Waals surface area contributed by atoms with Gasteiger partial charge in [-0.15, -0.1) is 11.3 Å². The van der Waals surface area contributed by atoms with E-state index in [0.29, 0.717) is 22.9 Å². The van der Waals surface area contributed by atoms with Gasteiger partial charge in [0.1, 0.15) is 5.75 Å². The summed E-state index contributed by atoms with van der Waals surface area (Å²) in [5, 5.41) is 1.83. The molecule has 0 bridgehead atoms. The van der Waals surface area contributed by atoms with E-state index < -0.39 is 0 Å². The van der Waals surface area contributed by atoms with Crippen LogP contribution in [0.4, 0.5) is 11.4 Å². The summed E-state index contributed by atoms with van der Waals surface area (Å²) < 4.78 is 5.13. The topological polar surface area (TPSA) is 55.6 Å². The molecule has 2 aromatic rings. The number of nitrogen functional groups attached to an aromatic ring is 1. The van der Waals surface area contributed by atoms with Crippen molar-refractivity contribution >= 4 is 28.6 Å². The fourth-order valence-electron chi connectivity index (χ4n) is 1.94. The Balaban J connectivity index is 2.30. The highest BCUT2D eigenvalue weighted by atomic mass is 32.1. The van der Waals surface area contributed by atoms with E-state index >= 15 is 0 Å². The number of anilines is 2. The molecular weight excluding hydrogens is 272 g/mol. The van der Waals surface area contributed by atoms with E-state index in [2.05, 4.69) is 0 Å². The second kappa shape index (κ2) is 6.43. The number of carbonyl (C=O) groups excluding carboxylic acids is 1. The highest BCUT2D eigenvalue weighted by molar-refractivity contribution is 7.12. The predicted molar refractivity (Wildman–Crippen MR) is 83.7 cm³/mol. The molecule has 0 saturated carbocycles. The summed E-state index contributed by atoms with van der Waals surface area (Å²) in [6.45, 7) is 2.70. The lowest BCUT2D eigenvalue weighted by Gasteiger charge is -2.21. The first-order chi connectivity index (χ1) is 9.65. The molecule has 0 fully saturated rings. The average molecular weight is 290 g/mol. The quantitative estimate of drug-likeness (QED) is 0.859. The fourth-order valence-corrected chi connectivity index (χ4v) is 2.74. The zero-order chi connectivity index (χ0) is 14.5. The number of rotatable bonds is 5. The molecule has 4 nitrogen and oxygen atoms in total. The summed E-state index contributed by atoms with van der Waals surface area (Å²) in [6, 6.07) is 9.15. The molecule has 0 aliphatic rings. The summed E-state index contributed by atoms with van der Waals surface area (Å²) in [5.74, 6) is 0.688. The van der Waals surface area contributed by atoms with Gasteiger partial charge in [-0.25, -0.2) is 0 Å². The largest absolute Gasteiger partial charge is 0.496 e. The first-order valence-electron chi connectivity index (χ1n) is 6.45. The molecule has 1 aromatic carbocycles. The van der Waals surface area contributed by atoms with Gasteiger partial charge in [-0.05, 0) is 24.6 Å². The SMILES string of the molecule is CCCN(C(=O)c1cc(OC)cs1)c1cccc(N)c1. The maximum Gasteiger partial charge on any atom is 0.268 e. The van der Waals surface area contributed by atoms with Crippen molar-refractivity contribution in [1.29, 1.82) is 0 Å². The summed E-state index contributed by atoms with van der Waals surface area (Å²) >= 11 is 1.39. The third kappa shape index (κ3) is 3.11. The van der Waals surface area contributed by atoms with Gasteiger partial charge < -0.3 is 15.4 Å². The number of benzene rings is 1. The zero-order valence-electron chi connectivity index (χ0n) is 11.6. The molecule has 2 N–H and O–H groups in total. The van der Waals surface area contributed by atoms with Crippen molar-refractivity contribution in [3.63, 3.8) is 0 Å². The summed E-state index contributed by atoms with van der Waals surface area (Å²) in [6.07, 6.45) is 0.878. The Morgan fingerprint density at radius 2 is 2.20 bits per heavy atom. The Labute approximate surface area is 122 Å². The van der Waals surface area contributed by atoms with Crippen molar-refractivity contribution in [2.24, 2.45) is 0 Å². The van der Waals surface area contributed by atoms with Crippen molar-refractivity contribution < 1.29 is 9.53 Å². The first kappa shape index (κ1) is 14.4. The summed E-state index contributed by atoms with van der Waals surface area (Å²) in [7, 11) is 1.60. The maximum absolute atomic E-state index is 12.6. The van der Waals surface area contributed by atoms with Crippen molar-refractivity contribution in [2.75, 3.05) is 24.3 Å². The Kier molecular flexibility index (Phi) is 4.63. The number of nitrogens with zero attached hydrogens (tertiary/aromatic N) is 1. The second-order valence-electron chi connectivity index (χ2n) is 4.40. The minimum Gasteiger partial charge on any atom is -0.496 e. The van der Waals surface area contributed by atoms with Crippen molar-refractivity contribution in [1.82, 2.24) is 0 Å². The lowest BCUT2D eigenvalue weighted by Crippen LogP contribution is -2.31. The van der Waals surface area contributed by atoms with E-state index in [1.807, 2.05) is 36.6 Å². The molecule has 1 heterocycles. The van der Waals surface area contributed by atoms with Crippen molar-refractivity contribution in [3.05, 3.63) is 40.6 Å². The lowest BCUT2D eigenvalue weighted by molar-refractivity contribution is 0.0990.